The van der Waals surface area contributed by atoms with Crippen molar-refractivity contribution in [3.8, 4) is 5.75 Å². The molecule has 1 aliphatic heterocycles. The number of amides is 1. The SMILES string of the molecule is CCNC(=NCCC(=O)N1CCCC1)N(C)Cc1ccc(OC(F)F)cc1. The Kier molecular flexibility index (Phi) is 8.29. The largest absolute Gasteiger partial charge is 0.435 e. The number of nitrogens with one attached hydrogen (secondary N) is 1. The molecular weight excluding hydrogens is 354 g/mol. The maximum Gasteiger partial charge on any atom is 0.387 e. The number of hydrogen-bond acceptors (Lipinski definition) is 3. The molecule has 27 heavy (non-hydrogen) atoms. The third kappa shape index (κ3) is 7.03. The molecule has 0 atom stereocenters. The summed E-state index contributed by atoms with van der Waals surface area (Å²) in [6.07, 6.45) is 2.57. The first kappa shape index (κ1) is 20.9. The van der Waals surface area contributed by atoms with E-state index < -0.39 is 6.61 Å². The van der Waals surface area contributed by atoms with Crippen LogP contribution < -0.4 is 10.1 Å². The molecule has 0 radical (unpaired) electrons. The summed E-state index contributed by atoms with van der Waals surface area (Å²) >= 11 is 0. The van der Waals surface area contributed by atoms with E-state index in [1.807, 2.05) is 23.8 Å². The van der Waals surface area contributed by atoms with Crippen LogP contribution in [0, 0.1) is 0 Å². The van der Waals surface area contributed by atoms with Crippen molar-refractivity contribution < 1.29 is 18.3 Å². The molecule has 0 aliphatic carbocycles. The quantitative estimate of drug-likeness (QED) is 0.555. The number of aliphatic imine (C=N–C) groups is 1. The Morgan fingerprint density at radius 1 is 1.30 bits per heavy atom. The first-order chi connectivity index (χ1) is 13.0. The second kappa shape index (κ2) is 10.7. The van der Waals surface area contributed by atoms with Crippen LogP contribution in [0.1, 0.15) is 31.7 Å². The summed E-state index contributed by atoms with van der Waals surface area (Å²) in [6.45, 7) is 2.57. The van der Waals surface area contributed by atoms with Crippen LogP contribution in [0.5, 0.6) is 5.75 Å². The van der Waals surface area contributed by atoms with E-state index in [-0.39, 0.29) is 11.7 Å². The van der Waals surface area contributed by atoms with Gasteiger partial charge in [0.1, 0.15) is 5.75 Å². The van der Waals surface area contributed by atoms with Crippen LogP contribution in [0.25, 0.3) is 0 Å². The second-order valence-corrected chi connectivity index (χ2v) is 6.45. The molecule has 1 aromatic carbocycles. The van der Waals surface area contributed by atoms with Gasteiger partial charge >= 0.3 is 6.61 Å². The van der Waals surface area contributed by atoms with Crippen molar-refractivity contribution in [2.24, 2.45) is 4.99 Å². The summed E-state index contributed by atoms with van der Waals surface area (Å²) in [4.78, 5) is 20.5. The topological polar surface area (TPSA) is 57.2 Å². The number of rotatable bonds is 8. The van der Waals surface area contributed by atoms with Crippen molar-refractivity contribution in [2.75, 3.05) is 33.2 Å². The highest BCUT2D eigenvalue weighted by Gasteiger charge is 2.17. The molecule has 1 heterocycles. The summed E-state index contributed by atoms with van der Waals surface area (Å²) < 4.78 is 28.8. The number of carbonyl (C=O) groups excluding carboxylic acids is 1. The molecule has 0 saturated carbocycles. The Morgan fingerprint density at radius 2 is 1.96 bits per heavy atom. The Balaban J connectivity index is 1.88. The van der Waals surface area contributed by atoms with Crippen LogP contribution in [-0.4, -0.2) is 61.5 Å². The average molecular weight is 382 g/mol. The number of benzene rings is 1. The van der Waals surface area contributed by atoms with Gasteiger partial charge in [0.05, 0.1) is 6.54 Å². The molecule has 1 saturated heterocycles. The van der Waals surface area contributed by atoms with Gasteiger partial charge in [-0.3, -0.25) is 9.79 Å². The third-order valence-electron chi connectivity index (χ3n) is 4.31. The summed E-state index contributed by atoms with van der Waals surface area (Å²) in [6, 6.07) is 6.53. The lowest BCUT2D eigenvalue weighted by Gasteiger charge is -2.22. The standard InChI is InChI=1S/C19H28F2N4O2/c1-3-22-19(23-11-10-17(26)25-12-4-5-13-25)24(2)14-15-6-8-16(9-7-15)27-18(20)21/h6-9,18H,3-5,10-14H2,1-2H3,(H,22,23). The molecule has 0 spiro atoms. The fraction of sp³-hybridized carbons (Fsp3) is 0.579. The number of nitrogens with zero attached hydrogens (tertiary/aromatic N) is 3. The number of ether oxygens (including phenoxy) is 1. The molecule has 1 aromatic rings. The zero-order valence-corrected chi connectivity index (χ0v) is 16.0. The predicted octanol–water partition coefficient (Wildman–Crippen LogP) is 2.70. The van der Waals surface area contributed by atoms with Gasteiger partial charge in [0.15, 0.2) is 5.96 Å². The van der Waals surface area contributed by atoms with Gasteiger partial charge in [0, 0.05) is 39.6 Å². The molecule has 1 N–H and O–H groups in total. The second-order valence-electron chi connectivity index (χ2n) is 6.45. The van der Waals surface area contributed by atoms with Gasteiger partial charge in [-0.05, 0) is 37.5 Å². The summed E-state index contributed by atoms with van der Waals surface area (Å²) in [5.41, 5.74) is 0.942. The van der Waals surface area contributed by atoms with E-state index >= 15 is 0 Å². The van der Waals surface area contributed by atoms with Crippen molar-refractivity contribution in [3.05, 3.63) is 29.8 Å². The Morgan fingerprint density at radius 3 is 2.56 bits per heavy atom. The number of hydrogen-bond donors (Lipinski definition) is 1. The molecule has 1 fully saturated rings. The molecule has 1 aliphatic rings. The van der Waals surface area contributed by atoms with Crippen LogP contribution in [0.2, 0.25) is 0 Å². The van der Waals surface area contributed by atoms with Crippen LogP contribution in [0.4, 0.5) is 8.78 Å². The lowest BCUT2D eigenvalue weighted by molar-refractivity contribution is -0.129. The van der Waals surface area contributed by atoms with E-state index in [1.165, 1.54) is 12.1 Å². The maximum atomic E-state index is 12.2. The zero-order valence-electron chi connectivity index (χ0n) is 16.0. The molecule has 0 unspecified atom stereocenters. The van der Waals surface area contributed by atoms with E-state index in [0.29, 0.717) is 32.0 Å². The molecule has 6 nitrogen and oxygen atoms in total. The van der Waals surface area contributed by atoms with Crippen LogP contribution >= 0.6 is 0 Å². The van der Waals surface area contributed by atoms with Gasteiger partial charge in [-0.25, -0.2) is 0 Å². The average Bonchev–Trinajstić information content (AvgIpc) is 3.17. The minimum absolute atomic E-state index is 0.136. The first-order valence-corrected chi connectivity index (χ1v) is 9.30. The minimum Gasteiger partial charge on any atom is -0.435 e. The smallest absolute Gasteiger partial charge is 0.387 e. The van der Waals surface area contributed by atoms with Crippen LogP contribution in [-0.2, 0) is 11.3 Å². The van der Waals surface area contributed by atoms with Crippen molar-refractivity contribution in [3.63, 3.8) is 0 Å². The van der Waals surface area contributed by atoms with Gasteiger partial charge < -0.3 is 19.9 Å². The Labute approximate surface area is 159 Å². The minimum atomic E-state index is -2.82. The maximum absolute atomic E-state index is 12.2. The Bertz CT molecular complexity index is 617. The normalized spacial score (nSPS) is 14.6. The van der Waals surface area contributed by atoms with Crippen LogP contribution in [0.15, 0.2) is 29.3 Å². The number of halogens is 2. The lowest BCUT2D eigenvalue weighted by Crippen LogP contribution is -2.38. The fourth-order valence-corrected chi connectivity index (χ4v) is 2.98. The highest BCUT2D eigenvalue weighted by molar-refractivity contribution is 5.81. The number of alkyl halides is 2. The predicted molar refractivity (Wildman–Crippen MR) is 101 cm³/mol. The Hall–Kier alpha value is -2.38. The van der Waals surface area contributed by atoms with E-state index in [1.54, 1.807) is 12.1 Å². The molecule has 2 rings (SSSR count). The first-order valence-electron chi connectivity index (χ1n) is 9.30. The van der Waals surface area contributed by atoms with Crippen molar-refractivity contribution in [1.29, 1.82) is 0 Å². The summed E-state index contributed by atoms with van der Waals surface area (Å²) in [5.74, 6) is 1.00. The third-order valence-corrected chi connectivity index (χ3v) is 4.31. The van der Waals surface area contributed by atoms with Gasteiger partial charge in [-0.1, -0.05) is 12.1 Å². The zero-order chi connectivity index (χ0) is 19.6. The number of guanidine groups is 1. The lowest BCUT2D eigenvalue weighted by atomic mass is 10.2. The molecule has 8 heteroatoms. The van der Waals surface area contributed by atoms with E-state index in [2.05, 4.69) is 15.0 Å². The number of carbonyl (C=O) groups is 1. The van der Waals surface area contributed by atoms with Gasteiger partial charge in [0.2, 0.25) is 5.91 Å². The van der Waals surface area contributed by atoms with Crippen molar-refractivity contribution in [2.45, 2.75) is 39.3 Å². The van der Waals surface area contributed by atoms with E-state index in [0.717, 1.165) is 31.5 Å². The molecule has 0 bridgehead atoms. The van der Waals surface area contributed by atoms with E-state index in [4.69, 9.17) is 0 Å². The van der Waals surface area contributed by atoms with Gasteiger partial charge in [0.25, 0.3) is 0 Å². The summed E-state index contributed by atoms with van der Waals surface area (Å²) in [5, 5.41) is 3.21. The number of likely N-dealkylation sites (tertiary alicyclic amines) is 1. The molecule has 150 valence electrons. The van der Waals surface area contributed by atoms with Crippen molar-refractivity contribution >= 4 is 11.9 Å². The molecule has 0 aromatic heterocycles. The highest BCUT2D eigenvalue weighted by Crippen LogP contribution is 2.16. The van der Waals surface area contributed by atoms with E-state index in [9.17, 15) is 13.6 Å². The monoisotopic (exact) mass is 382 g/mol. The van der Waals surface area contributed by atoms with Crippen molar-refractivity contribution in [1.82, 2.24) is 15.1 Å². The summed E-state index contributed by atoms with van der Waals surface area (Å²) in [7, 11) is 1.90. The fourth-order valence-electron chi connectivity index (χ4n) is 2.98. The molecule has 1 amide bonds. The highest BCUT2D eigenvalue weighted by atomic mass is 19.3. The van der Waals surface area contributed by atoms with Crippen LogP contribution in [0.3, 0.4) is 0 Å². The van der Waals surface area contributed by atoms with Gasteiger partial charge in [-0.15, -0.1) is 0 Å². The van der Waals surface area contributed by atoms with Gasteiger partial charge in [-0.2, -0.15) is 8.78 Å². The molecular formula is C19H28F2N4O2.